The van der Waals surface area contributed by atoms with Crippen LogP contribution in [0.25, 0.3) is 0 Å². The molecule has 0 atom stereocenters. The summed E-state index contributed by atoms with van der Waals surface area (Å²) in [6.07, 6.45) is 1.53. The van der Waals surface area contributed by atoms with E-state index in [1.807, 2.05) is 49.4 Å². The highest BCUT2D eigenvalue weighted by Gasteiger charge is 2.03. The lowest BCUT2D eigenvalue weighted by Gasteiger charge is -2.07. The van der Waals surface area contributed by atoms with Crippen LogP contribution in [0.1, 0.15) is 11.1 Å². The van der Waals surface area contributed by atoms with Crippen molar-refractivity contribution in [3.05, 3.63) is 58.1 Å². The number of urea groups is 1. The lowest BCUT2D eigenvalue weighted by molar-refractivity contribution is 0.252. The zero-order chi connectivity index (χ0) is 15.9. The second kappa shape index (κ2) is 7.61. The lowest BCUT2D eigenvalue weighted by atomic mass is 10.2. The zero-order valence-electron chi connectivity index (χ0n) is 12.3. The number of aryl methyl sites for hydroxylation is 1. The largest absolute Gasteiger partial charge is 0.496 e. The van der Waals surface area contributed by atoms with Gasteiger partial charge in [0.15, 0.2) is 0 Å². The highest BCUT2D eigenvalue weighted by atomic mass is 79.9. The van der Waals surface area contributed by atoms with Crippen molar-refractivity contribution in [3.63, 3.8) is 0 Å². The van der Waals surface area contributed by atoms with Gasteiger partial charge in [-0.25, -0.2) is 10.2 Å². The number of ether oxygens (including phenoxy) is 1. The molecule has 22 heavy (non-hydrogen) atoms. The van der Waals surface area contributed by atoms with Crippen molar-refractivity contribution in [2.45, 2.75) is 6.92 Å². The van der Waals surface area contributed by atoms with E-state index in [0.717, 1.165) is 21.3 Å². The Morgan fingerprint density at radius 1 is 1.27 bits per heavy atom. The molecule has 6 heteroatoms. The second-order valence-corrected chi connectivity index (χ2v) is 5.44. The van der Waals surface area contributed by atoms with Crippen LogP contribution in [0, 0.1) is 6.92 Å². The Balaban J connectivity index is 1.99. The molecule has 114 valence electrons. The maximum absolute atomic E-state index is 11.8. The molecule has 2 N–H and O–H groups in total. The highest BCUT2D eigenvalue weighted by molar-refractivity contribution is 9.10. The van der Waals surface area contributed by atoms with Gasteiger partial charge in [0, 0.05) is 15.7 Å². The number of amides is 2. The van der Waals surface area contributed by atoms with E-state index in [0.29, 0.717) is 5.75 Å². The van der Waals surface area contributed by atoms with Crippen LogP contribution in [0.5, 0.6) is 5.75 Å². The lowest BCUT2D eigenvalue weighted by Crippen LogP contribution is -2.24. The first-order valence-corrected chi connectivity index (χ1v) is 7.38. The summed E-state index contributed by atoms with van der Waals surface area (Å²) in [6, 6.07) is 12.7. The molecule has 0 saturated heterocycles. The van der Waals surface area contributed by atoms with Gasteiger partial charge in [-0.05, 0) is 36.8 Å². The molecule has 0 aliphatic heterocycles. The Hall–Kier alpha value is -2.34. The number of hydrazone groups is 1. The molecule has 0 unspecified atom stereocenters. The molecule has 5 nitrogen and oxygen atoms in total. The molecule has 0 saturated carbocycles. The smallest absolute Gasteiger partial charge is 0.339 e. The molecule has 0 bridgehead atoms. The Kier molecular flexibility index (Phi) is 5.55. The summed E-state index contributed by atoms with van der Waals surface area (Å²) in [5.41, 5.74) is 4.91. The van der Waals surface area contributed by atoms with Gasteiger partial charge in [0.1, 0.15) is 5.75 Å². The fourth-order valence-corrected chi connectivity index (χ4v) is 2.21. The topological polar surface area (TPSA) is 62.7 Å². The van der Waals surface area contributed by atoms with Crippen molar-refractivity contribution in [2.75, 3.05) is 12.4 Å². The minimum absolute atomic E-state index is 0.403. The van der Waals surface area contributed by atoms with E-state index in [1.165, 1.54) is 6.21 Å². The van der Waals surface area contributed by atoms with Gasteiger partial charge in [-0.3, -0.25) is 0 Å². The van der Waals surface area contributed by atoms with Crippen molar-refractivity contribution < 1.29 is 9.53 Å². The van der Waals surface area contributed by atoms with Gasteiger partial charge in [-0.15, -0.1) is 0 Å². The van der Waals surface area contributed by atoms with Gasteiger partial charge in [-0.2, -0.15) is 5.10 Å². The average Bonchev–Trinajstić information content (AvgIpc) is 2.50. The minimum Gasteiger partial charge on any atom is -0.496 e. The third-order valence-electron chi connectivity index (χ3n) is 2.95. The zero-order valence-corrected chi connectivity index (χ0v) is 13.8. The standard InChI is InChI=1S/C16H16BrN3O2/c1-11-5-3-4-6-14(11)19-16(21)20-18-10-12-9-13(17)7-8-15(12)22-2/h3-10H,1-2H3,(H2,19,20,21). The predicted octanol–water partition coefficient (Wildman–Crippen LogP) is 3.92. The number of nitrogens with zero attached hydrogens (tertiary/aromatic N) is 1. The van der Waals surface area contributed by atoms with Crippen LogP contribution in [-0.4, -0.2) is 19.4 Å². The number of carbonyl (C=O) groups excluding carboxylic acids is 1. The molecule has 0 heterocycles. The maximum atomic E-state index is 11.8. The number of para-hydroxylation sites is 1. The quantitative estimate of drug-likeness (QED) is 0.640. The summed E-state index contributed by atoms with van der Waals surface area (Å²) in [6.45, 7) is 1.92. The normalized spacial score (nSPS) is 10.5. The molecule has 0 aliphatic rings. The van der Waals surface area contributed by atoms with Gasteiger partial charge in [-0.1, -0.05) is 34.1 Å². The summed E-state index contributed by atoms with van der Waals surface area (Å²) in [4.78, 5) is 11.8. The molecule has 0 aliphatic carbocycles. The molecule has 0 aromatic heterocycles. The summed E-state index contributed by atoms with van der Waals surface area (Å²) >= 11 is 3.38. The van der Waals surface area contributed by atoms with Crippen LogP contribution in [-0.2, 0) is 0 Å². The van der Waals surface area contributed by atoms with Crippen molar-refractivity contribution in [2.24, 2.45) is 5.10 Å². The summed E-state index contributed by atoms with van der Waals surface area (Å²) in [5, 5.41) is 6.66. The number of methoxy groups -OCH3 is 1. The van der Waals surface area contributed by atoms with E-state index in [4.69, 9.17) is 4.74 Å². The maximum Gasteiger partial charge on any atom is 0.339 e. The Morgan fingerprint density at radius 2 is 2.05 bits per heavy atom. The number of anilines is 1. The minimum atomic E-state index is -0.403. The Bertz CT molecular complexity index is 702. The molecular weight excluding hydrogens is 346 g/mol. The molecule has 2 aromatic carbocycles. The van der Waals surface area contributed by atoms with E-state index in [2.05, 4.69) is 31.8 Å². The van der Waals surface area contributed by atoms with E-state index in [9.17, 15) is 4.79 Å². The van der Waals surface area contributed by atoms with Crippen molar-refractivity contribution in [1.82, 2.24) is 5.43 Å². The van der Waals surface area contributed by atoms with E-state index in [-0.39, 0.29) is 0 Å². The summed E-state index contributed by atoms with van der Waals surface area (Å²) < 4.78 is 6.13. The van der Waals surface area contributed by atoms with Crippen LogP contribution in [0.4, 0.5) is 10.5 Å². The average molecular weight is 362 g/mol. The fraction of sp³-hybridized carbons (Fsp3) is 0.125. The molecular formula is C16H16BrN3O2. The van der Waals surface area contributed by atoms with Crippen LogP contribution in [0.15, 0.2) is 52.0 Å². The molecule has 0 spiro atoms. The van der Waals surface area contributed by atoms with Crippen molar-refractivity contribution >= 4 is 33.9 Å². The van der Waals surface area contributed by atoms with E-state index < -0.39 is 6.03 Å². The van der Waals surface area contributed by atoms with Crippen LogP contribution in [0.2, 0.25) is 0 Å². The monoisotopic (exact) mass is 361 g/mol. The molecule has 2 amide bonds. The Labute approximate surface area is 137 Å². The van der Waals surface area contributed by atoms with E-state index >= 15 is 0 Å². The molecule has 0 fully saturated rings. The third-order valence-corrected chi connectivity index (χ3v) is 3.45. The molecule has 0 radical (unpaired) electrons. The number of hydrogen-bond acceptors (Lipinski definition) is 3. The number of halogens is 1. The van der Waals surface area contributed by atoms with Crippen LogP contribution < -0.4 is 15.5 Å². The number of benzene rings is 2. The summed E-state index contributed by atoms with van der Waals surface area (Å²) in [7, 11) is 1.58. The second-order valence-electron chi connectivity index (χ2n) is 4.53. The van der Waals surface area contributed by atoms with Gasteiger partial charge < -0.3 is 10.1 Å². The predicted molar refractivity (Wildman–Crippen MR) is 91.6 cm³/mol. The van der Waals surface area contributed by atoms with Gasteiger partial charge in [0.05, 0.1) is 13.3 Å². The summed E-state index contributed by atoms with van der Waals surface area (Å²) in [5.74, 6) is 0.674. The number of hydrogen-bond donors (Lipinski definition) is 2. The molecule has 2 rings (SSSR count). The first-order chi connectivity index (χ1) is 10.6. The van der Waals surface area contributed by atoms with E-state index in [1.54, 1.807) is 7.11 Å². The van der Waals surface area contributed by atoms with Crippen molar-refractivity contribution in [1.29, 1.82) is 0 Å². The fourth-order valence-electron chi connectivity index (χ4n) is 1.83. The molecule has 2 aromatic rings. The number of carbonyl (C=O) groups is 1. The first-order valence-electron chi connectivity index (χ1n) is 6.59. The number of nitrogens with one attached hydrogen (secondary N) is 2. The third kappa shape index (κ3) is 4.33. The van der Waals surface area contributed by atoms with Crippen LogP contribution >= 0.6 is 15.9 Å². The SMILES string of the molecule is COc1ccc(Br)cc1C=NNC(=O)Nc1ccccc1C. The number of rotatable bonds is 4. The van der Waals surface area contributed by atoms with Gasteiger partial charge in [0.2, 0.25) is 0 Å². The Morgan fingerprint density at radius 3 is 2.77 bits per heavy atom. The van der Waals surface area contributed by atoms with Gasteiger partial charge in [0.25, 0.3) is 0 Å². The first kappa shape index (κ1) is 16.0. The van der Waals surface area contributed by atoms with Crippen molar-refractivity contribution in [3.8, 4) is 5.75 Å². The highest BCUT2D eigenvalue weighted by Crippen LogP contribution is 2.21. The van der Waals surface area contributed by atoms with Crippen LogP contribution in [0.3, 0.4) is 0 Å². The van der Waals surface area contributed by atoms with Gasteiger partial charge >= 0.3 is 6.03 Å².